The first-order chi connectivity index (χ1) is 7.27. The highest BCUT2D eigenvalue weighted by atomic mass is 35.7. The SMILES string of the molecule is COC(C)(C)COCCCCCS(=O)(=O)Cl. The van der Waals surface area contributed by atoms with Crippen molar-refractivity contribution in [3.63, 3.8) is 0 Å². The molecule has 0 atom stereocenters. The summed E-state index contributed by atoms with van der Waals surface area (Å²) in [5, 5.41) is 0. The molecule has 0 saturated carbocycles. The average Bonchev–Trinajstić information content (AvgIpc) is 2.14. The first kappa shape index (κ1) is 16.2. The van der Waals surface area contributed by atoms with Gasteiger partial charge in [-0.25, -0.2) is 8.42 Å². The zero-order valence-corrected chi connectivity index (χ0v) is 11.7. The minimum atomic E-state index is -3.33. The molecule has 0 fully saturated rings. The summed E-state index contributed by atoms with van der Waals surface area (Å²) in [6.45, 7) is 5.06. The van der Waals surface area contributed by atoms with Crippen LogP contribution in [0.3, 0.4) is 0 Å². The smallest absolute Gasteiger partial charge is 0.232 e. The fourth-order valence-electron chi connectivity index (χ4n) is 1.03. The highest BCUT2D eigenvalue weighted by molar-refractivity contribution is 8.13. The third kappa shape index (κ3) is 10.7. The minimum Gasteiger partial charge on any atom is -0.378 e. The number of unbranched alkanes of at least 4 members (excludes halogenated alkanes) is 2. The molecule has 0 aromatic carbocycles. The lowest BCUT2D eigenvalue weighted by Gasteiger charge is -2.22. The summed E-state index contributed by atoms with van der Waals surface area (Å²) in [6.07, 6.45) is 2.23. The molecule has 0 bridgehead atoms. The number of hydrogen-bond donors (Lipinski definition) is 0. The molecule has 0 saturated heterocycles. The van der Waals surface area contributed by atoms with E-state index >= 15 is 0 Å². The molecule has 4 nitrogen and oxygen atoms in total. The maximum absolute atomic E-state index is 10.6. The third-order valence-electron chi connectivity index (χ3n) is 2.18. The summed E-state index contributed by atoms with van der Waals surface area (Å²) in [5.74, 6) is 0.0398. The molecule has 0 aromatic rings. The predicted molar refractivity (Wildman–Crippen MR) is 65.4 cm³/mol. The molecule has 0 aliphatic heterocycles. The molecule has 98 valence electrons. The number of rotatable bonds is 9. The van der Waals surface area contributed by atoms with Gasteiger partial charge in [-0.3, -0.25) is 0 Å². The van der Waals surface area contributed by atoms with Crippen LogP contribution in [0.4, 0.5) is 0 Å². The molecule has 0 amide bonds. The lowest BCUT2D eigenvalue weighted by molar-refractivity contribution is -0.0511. The molecule has 0 radical (unpaired) electrons. The molecule has 0 spiro atoms. The Labute approximate surface area is 103 Å². The van der Waals surface area contributed by atoms with Crippen LogP contribution in [-0.4, -0.2) is 40.1 Å². The van der Waals surface area contributed by atoms with Gasteiger partial charge in [0.15, 0.2) is 0 Å². The first-order valence-corrected chi connectivity index (χ1v) is 7.80. The molecular weight excluding hydrogens is 252 g/mol. The molecular formula is C10H21ClO4S. The highest BCUT2D eigenvalue weighted by Gasteiger charge is 2.15. The van der Waals surface area contributed by atoms with Crippen molar-refractivity contribution in [2.75, 3.05) is 26.1 Å². The van der Waals surface area contributed by atoms with Gasteiger partial charge in [-0.1, -0.05) is 6.42 Å². The van der Waals surface area contributed by atoms with Crippen molar-refractivity contribution >= 4 is 19.7 Å². The number of methoxy groups -OCH3 is 1. The molecule has 0 rings (SSSR count). The second-order valence-corrected chi connectivity index (χ2v) is 7.22. The van der Waals surface area contributed by atoms with Gasteiger partial charge in [0.05, 0.1) is 18.0 Å². The average molecular weight is 273 g/mol. The van der Waals surface area contributed by atoms with Crippen molar-refractivity contribution in [3.8, 4) is 0 Å². The second-order valence-electron chi connectivity index (χ2n) is 4.32. The van der Waals surface area contributed by atoms with Crippen LogP contribution < -0.4 is 0 Å². The number of halogens is 1. The maximum Gasteiger partial charge on any atom is 0.232 e. The van der Waals surface area contributed by atoms with Crippen LogP contribution in [-0.2, 0) is 18.5 Å². The Balaban J connectivity index is 3.35. The number of hydrogen-bond acceptors (Lipinski definition) is 4. The Bertz CT molecular complexity index is 275. The van der Waals surface area contributed by atoms with Crippen LogP contribution in [0.1, 0.15) is 33.1 Å². The van der Waals surface area contributed by atoms with Gasteiger partial charge in [-0.15, -0.1) is 0 Å². The largest absolute Gasteiger partial charge is 0.378 e. The van der Waals surface area contributed by atoms with Gasteiger partial charge in [-0.2, -0.15) is 0 Å². The van der Waals surface area contributed by atoms with Crippen molar-refractivity contribution in [1.82, 2.24) is 0 Å². The molecule has 0 heterocycles. The Hall–Kier alpha value is 0.160. The van der Waals surface area contributed by atoms with Gasteiger partial charge >= 0.3 is 0 Å². The van der Waals surface area contributed by atoms with Crippen LogP contribution in [0, 0.1) is 0 Å². The Kier molecular flexibility index (Phi) is 7.55. The second kappa shape index (κ2) is 7.48. The van der Waals surface area contributed by atoms with Gasteiger partial charge < -0.3 is 9.47 Å². The Morgan fingerprint density at radius 3 is 2.31 bits per heavy atom. The fraction of sp³-hybridized carbons (Fsp3) is 1.00. The maximum atomic E-state index is 10.6. The van der Waals surface area contributed by atoms with Crippen molar-refractivity contribution in [1.29, 1.82) is 0 Å². The van der Waals surface area contributed by atoms with Crippen LogP contribution in [0.5, 0.6) is 0 Å². The summed E-state index contributed by atoms with van der Waals surface area (Å²) in [6, 6.07) is 0. The predicted octanol–water partition coefficient (Wildman–Crippen LogP) is 2.17. The fourth-order valence-corrected chi connectivity index (χ4v) is 1.91. The van der Waals surface area contributed by atoms with Gasteiger partial charge in [0.1, 0.15) is 0 Å². The normalized spacial score (nSPS) is 13.0. The monoisotopic (exact) mass is 272 g/mol. The van der Waals surface area contributed by atoms with Crippen molar-refractivity contribution in [3.05, 3.63) is 0 Å². The Morgan fingerprint density at radius 1 is 1.19 bits per heavy atom. The standard InChI is InChI=1S/C10H21ClO4S/c1-10(2,14-3)9-15-7-5-4-6-8-16(11,12)13/h4-9H2,1-3H3. The summed E-state index contributed by atoms with van der Waals surface area (Å²) < 4.78 is 31.8. The molecule has 0 N–H and O–H groups in total. The topological polar surface area (TPSA) is 52.6 Å². The van der Waals surface area contributed by atoms with Gasteiger partial charge in [0, 0.05) is 24.4 Å². The summed E-state index contributed by atoms with van der Waals surface area (Å²) in [4.78, 5) is 0. The molecule has 6 heteroatoms. The van der Waals surface area contributed by atoms with E-state index in [0.717, 1.165) is 12.8 Å². The molecule has 16 heavy (non-hydrogen) atoms. The van der Waals surface area contributed by atoms with Crippen molar-refractivity contribution in [2.45, 2.75) is 38.7 Å². The van der Waals surface area contributed by atoms with Crippen LogP contribution in [0.25, 0.3) is 0 Å². The van der Waals surface area contributed by atoms with E-state index in [-0.39, 0.29) is 11.4 Å². The zero-order valence-electron chi connectivity index (χ0n) is 10.2. The van der Waals surface area contributed by atoms with Crippen molar-refractivity contribution in [2.24, 2.45) is 0 Å². The van der Waals surface area contributed by atoms with Gasteiger partial charge in [0.2, 0.25) is 9.05 Å². The van der Waals surface area contributed by atoms with E-state index < -0.39 is 9.05 Å². The summed E-state index contributed by atoms with van der Waals surface area (Å²) >= 11 is 0. The highest BCUT2D eigenvalue weighted by Crippen LogP contribution is 2.08. The lowest BCUT2D eigenvalue weighted by atomic mass is 10.1. The van der Waals surface area contributed by atoms with Crippen molar-refractivity contribution < 1.29 is 17.9 Å². The van der Waals surface area contributed by atoms with Crippen LogP contribution in [0.15, 0.2) is 0 Å². The van der Waals surface area contributed by atoms with Gasteiger partial charge in [0.25, 0.3) is 0 Å². The molecule has 0 unspecified atom stereocenters. The summed E-state index contributed by atoms with van der Waals surface area (Å²) in [5.41, 5.74) is -0.264. The van der Waals surface area contributed by atoms with E-state index in [4.69, 9.17) is 20.2 Å². The molecule has 0 aliphatic rings. The van der Waals surface area contributed by atoms with Crippen LogP contribution >= 0.6 is 10.7 Å². The van der Waals surface area contributed by atoms with E-state index in [0.29, 0.717) is 19.6 Å². The zero-order chi connectivity index (χ0) is 12.7. The van der Waals surface area contributed by atoms with E-state index in [1.54, 1.807) is 7.11 Å². The third-order valence-corrected chi connectivity index (χ3v) is 3.42. The first-order valence-electron chi connectivity index (χ1n) is 5.32. The quantitative estimate of drug-likeness (QED) is 0.477. The lowest BCUT2D eigenvalue weighted by Crippen LogP contribution is -2.29. The van der Waals surface area contributed by atoms with E-state index in [9.17, 15) is 8.42 Å². The van der Waals surface area contributed by atoms with E-state index in [2.05, 4.69) is 0 Å². The molecule has 0 aliphatic carbocycles. The van der Waals surface area contributed by atoms with Crippen LogP contribution in [0.2, 0.25) is 0 Å². The van der Waals surface area contributed by atoms with E-state index in [1.807, 2.05) is 13.8 Å². The molecule has 0 aromatic heterocycles. The summed E-state index contributed by atoms with van der Waals surface area (Å²) in [7, 11) is 3.39. The van der Waals surface area contributed by atoms with Gasteiger partial charge in [-0.05, 0) is 26.7 Å². The minimum absolute atomic E-state index is 0.0398. The Morgan fingerprint density at radius 2 is 1.81 bits per heavy atom. The van der Waals surface area contributed by atoms with E-state index in [1.165, 1.54) is 0 Å². The number of ether oxygens (including phenoxy) is 2.